The zero-order valence-electron chi connectivity index (χ0n) is 7.32. The third-order valence-electron chi connectivity index (χ3n) is 1.21. The van der Waals surface area contributed by atoms with E-state index in [1.165, 1.54) is 12.0 Å². The molecule has 1 unspecified atom stereocenters. The van der Waals surface area contributed by atoms with Crippen molar-refractivity contribution in [2.24, 2.45) is 5.92 Å². The molecule has 0 fully saturated rings. The molecule has 0 saturated carbocycles. The van der Waals surface area contributed by atoms with Crippen LogP contribution in [0.5, 0.6) is 0 Å². The number of alkyl halides is 1. The first-order valence-electron chi connectivity index (χ1n) is 3.81. The van der Waals surface area contributed by atoms with Gasteiger partial charge in [-0.3, -0.25) is 0 Å². The van der Waals surface area contributed by atoms with E-state index in [0.717, 1.165) is 5.92 Å². The quantitative estimate of drug-likeness (QED) is 0.486. The van der Waals surface area contributed by atoms with E-state index in [4.69, 9.17) is 0 Å². The fourth-order valence-electron chi connectivity index (χ4n) is 0.880. The molecule has 0 N–H and O–H groups in total. The summed E-state index contributed by atoms with van der Waals surface area (Å²) in [6.07, 6.45) is 3.49. The maximum atomic E-state index is 3.60. The lowest BCUT2D eigenvalue weighted by atomic mass is 10.1. The first-order chi connectivity index (χ1) is 4.52. The van der Waals surface area contributed by atoms with Crippen LogP contribution in [-0.2, 0) is 0 Å². The molecule has 0 aromatic carbocycles. The van der Waals surface area contributed by atoms with E-state index in [9.17, 15) is 0 Å². The number of allylic oxidation sites excluding steroid dienone is 2. The second kappa shape index (κ2) is 4.95. The van der Waals surface area contributed by atoms with Crippen molar-refractivity contribution in [1.29, 1.82) is 0 Å². The maximum Gasteiger partial charge on any atom is 0.0330 e. The van der Waals surface area contributed by atoms with Crippen LogP contribution in [0, 0.1) is 5.92 Å². The molecule has 0 saturated heterocycles. The van der Waals surface area contributed by atoms with Gasteiger partial charge in [0.15, 0.2) is 0 Å². The Balaban J connectivity index is 3.64. The van der Waals surface area contributed by atoms with Crippen LogP contribution in [0.15, 0.2) is 11.6 Å². The number of hydrogen-bond acceptors (Lipinski definition) is 0. The Morgan fingerprint density at radius 2 is 1.90 bits per heavy atom. The van der Waals surface area contributed by atoms with Crippen LogP contribution in [0.4, 0.5) is 0 Å². The number of hydrogen-bond donors (Lipinski definition) is 0. The van der Waals surface area contributed by atoms with E-state index in [0.29, 0.717) is 4.83 Å². The van der Waals surface area contributed by atoms with E-state index >= 15 is 0 Å². The molecule has 0 heterocycles. The van der Waals surface area contributed by atoms with Gasteiger partial charge in [0.2, 0.25) is 0 Å². The van der Waals surface area contributed by atoms with Crippen LogP contribution < -0.4 is 0 Å². The van der Waals surface area contributed by atoms with Crippen molar-refractivity contribution in [2.75, 3.05) is 0 Å². The van der Waals surface area contributed by atoms with Crippen LogP contribution in [0.1, 0.15) is 34.1 Å². The minimum atomic E-state index is 0.567. The highest BCUT2D eigenvalue weighted by atomic mass is 79.9. The van der Waals surface area contributed by atoms with E-state index in [2.05, 4.69) is 49.7 Å². The molecule has 0 rings (SSSR count). The Labute approximate surface area is 72.8 Å². The molecule has 1 heteroatoms. The van der Waals surface area contributed by atoms with E-state index in [-0.39, 0.29) is 0 Å². The Kier molecular flexibility index (Phi) is 5.06. The van der Waals surface area contributed by atoms with Gasteiger partial charge < -0.3 is 0 Å². The molecule has 0 radical (unpaired) electrons. The molecule has 0 aromatic heterocycles. The predicted molar refractivity (Wildman–Crippen MR) is 51.6 cm³/mol. The molecule has 0 aliphatic heterocycles. The Morgan fingerprint density at radius 1 is 1.40 bits per heavy atom. The Hall–Kier alpha value is 0.220. The van der Waals surface area contributed by atoms with Crippen molar-refractivity contribution in [2.45, 2.75) is 38.9 Å². The van der Waals surface area contributed by atoms with Crippen LogP contribution in [0.2, 0.25) is 0 Å². The summed E-state index contributed by atoms with van der Waals surface area (Å²) in [5.74, 6) is 0.778. The van der Waals surface area contributed by atoms with Gasteiger partial charge in [0.25, 0.3) is 0 Å². The van der Waals surface area contributed by atoms with Gasteiger partial charge in [0.05, 0.1) is 0 Å². The third-order valence-corrected chi connectivity index (χ3v) is 1.85. The zero-order chi connectivity index (χ0) is 8.15. The number of rotatable bonds is 3. The van der Waals surface area contributed by atoms with Gasteiger partial charge in [-0.15, -0.1) is 0 Å². The molecule has 0 spiro atoms. The predicted octanol–water partition coefficient (Wildman–Crippen LogP) is 3.76. The molecule has 0 aromatic rings. The third kappa shape index (κ3) is 6.34. The van der Waals surface area contributed by atoms with Crippen molar-refractivity contribution in [3.63, 3.8) is 0 Å². The number of halogens is 1. The summed E-state index contributed by atoms with van der Waals surface area (Å²) in [7, 11) is 0. The van der Waals surface area contributed by atoms with Crippen LogP contribution in [-0.4, -0.2) is 4.83 Å². The molecule has 10 heavy (non-hydrogen) atoms. The van der Waals surface area contributed by atoms with Crippen molar-refractivity contribution in [1.82, 2.24) is 0 Å². The molecule has 0 amide bonds. The molecule has 0 aliphatic rings. The molecule has 60 valence electrons. The van der Waals surface area contributed by atoms with E-state index in [1.807, 2.05) is 0 Å². The molecular formula is C9H17Br. The molecule has 0 bridgehead atoms. The van der Waals surface area contributed by atoms with Crippen molar-refractivity contribution >= 4 is 15.9 Å². The maximum absolute atomic E-state index is 3.60. The summed E-state index contributed by atoms with van der Waals surface area (Å²) in [6.45, 7) is 8.75. The van der Waals surface area contributed by atoms with Crippen LogP contribution >= 0.6 is 15.9 Å². The van der Waals surface area contributed by atoms with E-state index < -0.39 is 0 Å². The van der Waals surface area contributed by atoms with Crippen LogP contribution in [0.25, 0.3) is 0 Å². The van der Waals surface area contributed by atoms with E-state index in [1.54, 1.807) is 0 Å². The minimum absolute atomic E-state index is 0.567. The van der Waals surface area contributed by atoms with Gasteiger partial charge in [-0.05, 0) is 26.2 Å². The lowest BCUT2D eigenvalue weighted by Gasteiger charge is -2.07. The topological polar surface area (TPSA) is 0 Å². The highest BCUT2D eigenvalue weighted by Gasteiger charge is 2.01. The van der Waals surface area contributed by atoms with Crippen molar-refractivity contribution < 1.29 is 0 Å². The Bertz CT molecular complexity index is 110. The first-order valence-corrected chi connectivity index (χ1v) is 4.73. The summed E-state index contributed by atoms with van der Waals surface area (Å²) < 4.78 is 0. The van der Waals surface area contributed by atoms with Crippen LogP contribution in [0.3, 0.4) is 0 Å². The summed E-state index contributed by atoms with van der Waals surface area (Å²) >= 11 is 3.60. The van der Waals surface area contributed by atoms with Gasteiger partial charge in [-0.1, -0.05) is 41.4 Å². The highest BCUT2D eigenvalue weighted by molar-refractivity contribution is 9.09. The second-order valence-corrected chi connectivity index (χ2v) is 4.57. The largest absolute Gasteiger partial charge is 0.0845 e. The summed E-state index contributed by atoms with van der Waals surface area (Å²) in [5.41, 5.74) is 1.39. The van der Waals surface area contributed by atoms with Crippen molar-refractivity contribution in [3.8, 4) is 0 Å². The van der Waals surface area contributed by atoms with Gasteiger partial charge in [0.1, 0.15) is 0 Å². The molecule has 1 atom stereocenters. The highest BCUT2D eigenvalue weighted by Crippen LogP contribution is 2.15. The van der Waals surface area contributed by atoms with Gasteiger partial charge >= 0.3 is 0 Å². The normalized spacial score (nSPS) is 13.4. The SMILES string of the molecule is CC(C)=CC(Br)CC(C)C. The summed E-state index contributed by atoms with van der Waals surface area (Å²) in [4.78, 5) is 0.567. The Morgan fingerprint density at radius 3 is 2.20 bits per heavy atom. The van der Waals surface area contributed by atoms with Gasteiger partial charge in [-0.2, -0.15) is 0 Å². The molecule has 0 aliphatic carbocycles. The average Bonchev–Trinajstić information content (AvgIpc) is 1.58. The minimum Gasteiger partial charge on any atom is -0.0845 e. The fourth-order valence-corrected chi connectivity index (χ4v) is 2.16. The zero-order valence-corrected chi connectivity index (χ0v) is 8.90. The first kappa shape index (κ1) is 10.2. The fraction of sp³-hybridized carbons (Fsp3) is 0.778. The second-order valence-electron chi connectivity index (χ2n) is 3.39. The lowest BCUT2D eigenvalue weighted by molar-refractivity contribution is 0.604. The monoisotopic (exact) mass is 204 g/mol. The van der Waals surface area contributed by atoms with Crippen molar-refractivity contribution in [3.05, 3.63) is 11.6 Å². The average molecular weight is 205 g/mol. The summed E-state index contributed by atoms with van der Waals surface area (Å²) in [5, 5.41) is 0. The molecular weight excluding hydrogens is 188 g/mol. The standard InChI is InChI=1S/C9H17Br/c1-7(2)5-9(10)6-8(3)4/h5,8-9H,6H2,1-4H3. The van der Waals surface area contributed by atoms with Gasteiger partial charge in [0, 0.05) is 4.83 Å². The molecule has 0 nitrogen and oxygen atoms in total. The lowest BCUT2D eigenvalue weighted by Crippen LogP contribution is -1.99. The van der Waals surface area contributed by atoms with Gasteiger partial charge in [-0.25, -0.2) is 0 Å². The summed E-state index contributed by atoms with van der Waals surface area (Å²) in [6, 6.07) is 0. The smallest absolute Gasteiger partial charge is 0.0330 e.